The average Bonchev–Trinajstić information content (AvgIpc) is 3.31. The summed E-state index contributed by atoms with van der Waals surface area (Å²) in [5, 5.41) is 0. The Bertz CT molecular complexity index is 982. The van der Waals surface area contributed by atoms with Crippen LogP contribution < -0.4 is 0 Å². The van der Waals surface area contributed by atoms with Gasteiger partial charge in [-0.1, -0.05) is 310 Å². The molecular formula is C60H116O6. The van der Waals surface area contributed by atoms with Crippen molar-refractivity contribution in [1.29, 1.82) is 0 Å². The molecule has 0 aliphatic heterocycles. The first-order valence-corrected chi connectivity index (χ1v) is 30.0. The Balaban J connectivity index is 3.86. The first kappa shape index (κ1) is 64.4. The van der Waals surface area contributed by atoms with Crippen molar-refractivity contribution in [3.05, 3.63) is 0 Å². The Hall–Kier alpha value is -1.59. The first-order chi connectivity index (χ1) is 32.5. The summed E-state index contributed by atoms with van der Waals surface area (Å²) >= 11 is 0. The second kappa shape index (κ2) is 56.0. The molecule has 0 saturated heterocycles. The summed E-state index contributed by atoms with van der Waals surface area (Å²) in [5.74, 6) is -0.850. The van der Waals surface area contributed by atoms with Crippen molar-refractivity contribution in [3.8, 4) is 0 Å². The zero-order valence-electron chi connectivity index (χ0n) is 45.0. The van der Waals surface area contributed by atoms with Crippen molar-refractivity contribution < 1.29 is 28.6 Å². The van der Waals surface area contributed by atoms with E-state index in [9.17, 15) is 14.4 Å². The van der Waals surface area contributed by atoms with Crippen LogP contribution in [-0.4, -0.2) is 37.2 Å². The van der Waals surface area contributed by atoms with E-state index in [1.54, 1.807) is 0 Å². The Morgan fingerprint density at radius 3 is 0.606 bits per heavy atom. The van der Waals surface area contributed by atoms with E-state index in [0.717, 1.165) is 57.8 Å². The zero-order chi connectivity index (χ0) is 47.9. The van der Waals surface area contributed by atoms with E-state index in [-0.39, 0.29) is 31.1 Å². The Morgan fingerprint density at radius 1 is 0.242 bits per heavy atom. The second-order valence-corrected chi connectivity index (χ2v) is 20.6. The number of rotatable bonds is 56. The first-order valence-electron chi connectivity index (χ1n) is 30.0. The van der Waals surface area contributed by atoms with E-state index >= 15 is 0 Å². The molecule has 1 unspecified atom stereocenters. The monoisotopic (exact) mass is 933 g/mol. The maximum atomic E-state index is 12.7. The van der Waals surface area contributed by atoms with E-state index in [1.807, 2.05) is 0 Å². The maximum Gasteiger partial charge on any atom is 0.306 e. The van der Waals surface area contributed by atoms with Gasteiger partial charge in [0.2, 0.25) is 0 Å². The van der Waals surface area contributed by atoms with Gasteiger partial charge in [-0.25, -0.2) is 0 Å². The molecule has 6 nitrogen and oxygen atoms in total. The van der Waals surface area contributed by atoms with Gasteiger partial charge in [0.05, 0.1) is 0 Å². The number of hydrogen-bond donors (Lipinski definition) is 0. The Morgan fingerprint density at radius 2 is 0.409 bits per heavy atom. The van der Waals surface area contributed by atoms with Crippen LogP contribution in [0.4, 0.5) is 0 Å². The highest BCUT2D eigenvalue weighted by molar-refractivity contribution is 5.71. The van der Waals surface area contributed by atoms with Crippen LogP contribution in [0, 0.1) is 0 Å². The van der Waals surface area contributed by atoms with Crippen molar-refractivity contribution in [2.45, 2.75) is 354 Å². The summed E-state index contributed by atoms with van der Waals surface area (Å²) in [7, 11) is 0. The van der Waals surface area contributed by atoms with E-state index in [0.29, 0.717) is 19.3 Å². The third-order valence-electron chi connectivity index (χ3n) is 13.9. The highest BCUT2D eigenvalue weighted by Gasteiger charge is 2.19. The van der Waals surface area contributed by atoms with Crippen molar-refractivity contribution >= 4 is 17.9 Å². The number of hydrogen-bond acceptors (Lipinski definition) is 6. The van der Waals surface area contributed by atoms with Gasteiger partial charge in [0.25, 0.3) is 0 Å². The minimum atomic E-state index is -0.758. The van der Waals surface area contributed by atoms with Gasteiger partial charge < -0.3 is 14.2 Å². The van der Waals surface area contributed by atoms with Crippen LogP contribution >= 0.6 is 0 Å². The summed E-state index contributed by atoms with van der Waals surface area (Å²) in [6, 6.07) is 0. The summed E-state index contributed by atoms with van der Waals surface area (Å²) < 4.78 is 16.7. The normalized spacial score (nSPS) is 11.9. The molecule has 0 N–H and O–H groups in total. The van der Waals surface area contributed by atoms with Gasteiger partial charge in [0.15, 0.2) is 6.10 Å². The number of unbranched alkanes of at least 4 members (excludes halogenated alkanes) is 45. The van der Waals surface area contributed by atoms with Crippen molar-refractivity contribution in [1.82, 2.24) is 0 Å². The highest BCUT2D eigenvalue weighted by atomic mass is 16.6. The molecule has 0 fully saturated rings. The SMILES string of the molecule is CCCCCCCCCCCCCCCCCCCCCCCCCCCCCCCCCC(=O)OCC(COC(=O)CCCCCCCCC)OC(=O)CCCCCCCCCCCC. The van der Waals surface area contributed by atoms with E-state index in [2.05, 4.69) is 20.8 Å². The molecule has 1 atom stereocenters. The van der Waals surface area contributed by atoms with Crippen LogP contribution in [0.2, 0.25) is 0 Å². The Labute approximate surface area is 412 Å². The van der Waals surface area contributed by atoms with Gasteiger partial charge in [0, 0.05) is 19.3 Å². The van der Waals surface area contributed by atoms with Gasteiger partial charge in [-0.05, 0) is 19.3 Å². The minimum Gasteiger partial charge on any atom is -0.462 e. The molecule has 66 heavy (non-hydrogen) atoms. The standard InChI is InChI=1S/C60H116O6/c1-4-7-10-13-16-18-20-21-22-23-24-25-26-27-28-29-30-31-32-33-34-35-36-37-38-39-40-42-44-47-50-53-59(62)65-56-57(55-64-58(61)52-49-46-43-15-12-9-6-3)66-60(63)54-51-48-45-41-19-17-14-11-8-5-2/h57H,4-56H2,1-3H3. The van der Waals surface area contributed by atoms with E-state index in [4.69, 9.17) is 14.2 Å². The molecule has 0 aromatic rings. The van der Waals surface area contributed by atoms with Gasteiger partial charge in [-0.15, -0.1) is 0 Å². The molecule has 0 heterocycles. The van der Waals surface area contributed by atoms with E-state index < -0.39 is 6.10 Å². The van der Waals surface area contributed by atoms with Crippen molar-refractivity contribution in [2.75, 3.05) is 13.2 Å². The molecule has 0 radical (unpaired) electrons. The number of ether oxygens (including phenoxy) is 3. The topological polar surface area (TPSA) is 78.9 Å². The number of esters is 3. The number of carbonyl (C=O) groups excluding carboxylic acids is 3. The molecule has 392 valence electrons. The molecule has 0 aromatic carbocycles. The molecular weight excluding hydrogens is 817 g/mol. The average molecular weight is 934 g/mol. The van der Waals surface area contributed by atoms with Crippen LogP contribution in [-0.2, 0) is 28.6 Å². The van der Waals surface area contributed by atoms with Crippen LogP contribution in [0.3, 0.4) is 0 Å². The molecule has 0 spiro atoms. The molecule has 0 aromatic heterocycles. The van der Waals surface area contributed by atoms with Gasteiger partial charge >= 0.3 is 17.9 Å². The predicted molar refractivity (Wildman–Crippen MR) is 284 cm³/mol. The Kier molecular flexibility index (Phi) is 54.7. The minimum absolute atomic E-state index is 0.0626. The summed E-state index contributed by atoms with van der Waals surface area (Å²) in [6.45, 7) is 6.64. The lowest BCUT2D eigenvalue weighted by molar-refractivity contribution is -0.167. The molecule has 0 saturated carbocycles. The lowest BCUT2D eigenvalue weighted by atomic mass is 10.0. The van der Waals surface area contributed by atoms with Crippen LogP contribution in [0.15, 0.2) is 0 Å². The van der Waals surface area contributed by atoms with Gasteiger partial charge in [0.1, 0.15) is 13.2 Å². The lowest BCUT2D eigenvalue weighted by Gasteiger charge is -2.18. The molecule has 0 amide bonds. The third kappa shape index (κ3) is 53.4. The zero-order valence-corrected chi connectivity index (χ0v) is 45.0. The lowest BCUT2D eigenvalue weighted by Crippen LogP contribution is -2.30. The van der Waals surface area contributed by atoms with Crippen molar-refractivity contribution in [3.63, 3.8) is 0 Å². The van der Waals surface area contributed by atoms with E-state index in [1.165, 1.54) is 250 Å². The molecule has 0 bridgehead atoms. The number of carbonyl (C=O) groups is 3. The molecule has 0 rings (SSSR count). The third-order valence-corrected chi connectivity index (χ3v) is 13.9. The quantitative estimate of drug-likeness (QED) is 0.0343. The largest absolute Gasteiger partial charge is 0.462 e. The summed E-state index contributed by atoms with van der Waals surface area (Å²) in [5.41, 5.74) is 0. The summed E-state index contributed by atoms with van der Waals surface area (Å²) in [6.07, 6.45) is 63.0. The fourth-order valence-corrected chi connectivity index (χ4v) is 9.33. The van der Waals surface area contributed by atoms with Crippen molar-refractivity contribution in [2.24, 2.45) is 0 Å². The molecule has 0 aliphatic rings. The highest BCUT2D eigenvalue weighted by Crippen LogP contribution is 2.18. The molecule has 6 heteroatoms. The van der Waals surface area contributed by atoms with Crippen LogP contribution in [0.25, 0.3) is 0 Å². The predicted octanol–water partition coefficient (Wildman–Crippen LogP) is 19.9. The van der Waals surface area contributed by atoms with Crippen LogP contribution in [0.1, 0.15) is 348 Å². The van der Waals surface area contributed by atoms with Crippen LogP contribution in [0.5, 0.6) is 0 Å². The summed E-state index contributed by atoms with van der Waals surface area (Å²) in [4.78, 5) is 37.8. The fourth-order valence-electron chi connectivity index (χ4n) is 9.33. The second-order valence-electron chi connectivity index (χ2n) is 20.6. The maximum absolute atomic E-state index is 12.7. The van der Waals surface area contributed by atoms with Gasteiger partial charge in [-0.2, -0.15) is 0 Å². The van der Waals surface area contributed by atoms with Gasteiger partial charge in [-0.3, -0.25) is 14.4 Å². The fraction of sp³-hybridized carbons (Fsp3) is 0.950. The smallest absolute Gasteiger partial charge is 0.306 e. The molecule has 0 aliphatic carbocycles.